The highest BCUT2D eigenvalue weighted by molar-refractivity contribution is 6.03. The van der Waals surface area contributed by atoms with Crippen molar-refractivity contribution in [3.05, 3.63) is 42.5 Å². The Balaban J connectivity index is 2.29. The number of hydrogen-bond donors (Lipinski definition) is 2. The maximum atomic E-state index is 12.2. The van der Waals surface area contributed by atoms with E-state index in [9.17, 15) is 4.79 Å². The SMILES string of the molecule is CC(C)(C)[C@H](N)C(=O)Nc1cccc2ccccc12. The van der Waals surface area contributed by atoms with Crippen LogP contribution in [0.5, 0.6) is 0 Å². The molecule has 3 nitrogen and oxygen atoms in total. The van der Waals surface area contributed by atoms with E-state index in [0.29, 0.717) is 0 Å². The molecule has 1 amide bonds. The van der Waals surface area contributed by atoms with E-state index >= 15 is 0 Å². The van der Waals surface area contributed by atoms with E-state index in [1.165, 1.54) is 0 Å². The molecule has 2 rings (SSSR count). The smallest absolute Gasteiger partial charge is 0.241 e. The molecule has 0 aromatic heterocycles. The zero-order valence-corrected chi connectivity index (χ0v) is 11.6. The molecule has 0 saturated carbocycles. The van der Waals surface area contributed by atoms with Crippen molar-refractivity contribution in [1.82, 2.24) is 0 Å². The van der Waals surface area contributed by atoms with Crippen molar-refractivity contribution >= 4 is 22.4 Å². The van der Waals surface area contributed by atoms with Crippen molar-refractivity contribution in [1.29, 1.82) is 0 Å². The lowest BCUT2D eigenvalue weighted by atomic mass is 9.87. The second kappa shape index (κ2) is 5.02. The number of nitrogens with one attached hydrogen (secondary N) is 1. The predicted octanol–water partition coefficient (Wildman–Crippen LogP) is 3.15. The van der Waals surface area contributed by atoms with Crippen molar-refractivity contribution in [2.45, 2.75) is 26.8 Å². The van der Waals surface area contributed by atoms with Gasteiger partial charge in [-0.2, -0.15) is 0 Å². The van der Waals surface area contributed by atoms with Crippen LogP contribution < -0.4 is 11.1 Å². The Hall–Kier alpha value is -1.87. The lowest BCUT2D eigenvalue weighted by Crippen LogP contribution is -2.45. The van der Waals surface area contributed by atoms with Crippen LogP contribution in [-0.4, -0.2) is 11.9 Å². The van der Waals surface area contributed by atoms with E-state index < -0.39 is 6.04 Å². The van der Waals surface area contributed by atoms with E-state index in [2.05, 4.69) is 5.32 Å². The fraction of sp³-hybridized carbons (Fsp3) is 0.312. The van der Waals surface area contributed by atoms with Gasteiger partial charge in [-0.05, 0) is 16.9 Å². The van der Waals surface area contributed by atoms with Gasteiger partial charge in [0.1, 0.15) is 0 Å². The normalized spacial score (nSPS) is 13.3. The standard InChI is InChI=1S/C16H20N2O/c1-16(2,3)14(17)15(19)18-13-10-6-8-11-7-4-5-9-12(11)13/h4-10,14H,17H2,1-3H3,(H,18,19)/t14-/m1/s1. The van der Waals surface area contributed by atoms with Gasteiger partial charge in [0.2, 0.25) is 5.91 Å². The fourth-order valence-corrected chi connectivity index (χ4v) is 1.94. The van der Waals surface area contributed by atoms with Gasteiger partial charge >= 0.3 is 0 Å². The summed E-state index contributed by atoms with van der Waals surface area (Å²) in [5, 5.41) is 5.06. The van der Waals surface area contributed by atoms with Gasteiger partial charge in [-0.25, -0.2) is 0 Å². The quantitative estimate of drug-likeness (QED) is 0.867. The van der Waals surface area contributed by atoms with Crippen molar-refractivity contribution < 1.29 is 4.79 Å². The number of anilines is 1. The van der Waals surface area contributed by atoms with Gasteiger partial charge in [0.25, 0.3) is 0 Å². The van der Waals surface area contributed by atoms with Crippen LogP contribution in [0.25, 0.3) is 10.8 Å². The summed E-state index contributed by atoms with van der Waals surface area (Å²) < 4.78 is 0. The van der Waals surface area contributed by atoms with Crippen molar-refractivity contribution in [2.24, 2.45) is 11.1 Å². The molecule has 0 heterocycles. The minimum atomic E-state index is -0.536. The number of carbonyl (C=O) groups excluding carboxylic acids is 1. The third-order valence-corrected chi connectivity index (χ3v) is 3.26. The van der Waals surface area contributed by atoms with E-state index in [-0.39, 0.29) is 11.3 Å². The van der Waals surface area contributed by atoms with Gasteiger partial charge in [0, 0.05) is 11.1 Å². The number of carbonyl (C=O) groups is 1. The minimum Gasteiger partial charge on any atom is -0.324 e. The van der Waals surface area contributed by atoms with Gasteiger partial charge in [0.05, 0.1) is 6.04 Å². The maximum Gasteiger partial charge on any atom is 0.241 e. The van der Waals surface area contributed by atoms with Crippen molar-refractivity contribution in [3.63, 3.8) is 0 Å². The summed E-state index contributed by atoms with van der Waals surface area (Å²) >= 11 is 0. The molecule has 0 radical (unpaired) electrons. The molecule has 0 aliphatic heterocycles. The lowest BCUT2D eigenvalue weighted by Gasteiger charge is -2.26. The Morgan fingerprint density at radius 3 is 2.42 bits per heavy atom. The van der Waals surface area contributed by atoms with E-state index in [1.54, 1.807) is 0 Å². The highest BCUT2D eigenvalue weighted by Crippen LogP contribution is 2.24. The largest absolute Gasteiger partial charge is 0.324 e. The third-order valence-electron chi connectivity index (χ3n) is 3.26. The Bertz CT molecular complexity index is 594. The van der Waals surface area contributed by atoms with E-state index in [4.69, 9.17) is 5.73 Å². The molecule has 3 heteroatoms. The van der Waals surface area contributed by atoms with Crippen LogP contribution >= 0.6 is 0 Å². The Labute approximate surface area is 113 Å². The highest BCUT2D eigenvalue weighted by Gasteiger charge is 2.27. The summed E-state index contributed by atoms with van der Waals surface area (Å²) in [5.74, 6) is -0.149. The van der Waals surface area contributed by atoms with Crippen LogP contribution in [0.1, 0.15) is 20.8 Å². The molecule has 2 aromatic rings. The number of nitrogens with two attached hydrogens (primary N) is 1. The predicted molar refractivity (Wildman–Crippen MR) is 80.0 cm³/mol. The molecule has 0 spiro atoms. The summed E-state index contributed by atoms with van der Waals surface area (Å²) in [7, 11) is 0. The van der Waals surface area contributed by atoms with Crippen LogP contribution in [0.2, 0.25) is 0 Å². The summed E-state index contributed by atoms with van der Waals surface area (Å²) in [6.07, 6.45) is 0. The molecule has 100 valence electrons. The average Bonchev–Trinajstić information content (AvgIpc) is 2.37. The van der Waals surface area contributed by atoms with Gasteiger partial charge in [-0.3, -0.25) is 4.79 Å². The van der Waals surface area contributed by atoms with E-state index in [1.807, 2.05) is 63.2 Å². The van der Waals surface area contributed by atoms with Crippen molar-refractivity contribution in [2.75, 3.05) is 5.32 Å². The summed E-state index contributed by atoms with van der Waals surface area (Å²) in [5.41, 5.74) is 6.53. The van der Waals surface area contributed by atoms with Crippen LogP contribution in [-0.2, 0) is 4.79 Å². The number of benzene rings is 2. The first-order valence-electron chi connectivity index (χ1n) is 6.44. The average molecular weight is 256 g/mol. The van der Waals surface area contributed by atoms with Crippen LogP contribution in [0.3, 0.4) is 0 Å². The molecule has 0 unspecified atom stereocenters. The fourth-order valence-electron chi connectivity index (χ4n) is 1.94. The topological polar surface area (TPSA) is 55.1 Å². The molecule has 0 aliphatic rings. The molecule has 0 bridgehead atoms. The first kappa shape index (κ1) is 13.6. The van der Waals surface area contributed by atoms with Gasteiger partial charge in [0.15, 0.2) is 0 Å². The zero-order chi connectivity index (χ0) is 14.0. The second-order valence-corrected chi connectivity index (χ2v) is 5.86. The molecular weight excluding hydrogens is 236 g/mol. The Morgan fingerprint density at radius 2 is 1.74 bits per heavy atom. The van der Waals surface area contributed by atoms with E-state index in [0.717, 1.165) is 16.5 Å². The summed E-state index contributed by atoms with van der Waals surface area (Å²) in [6, 6.07) is 13.3. The van der Waals surface area contributed by atoms with Crippen molar-refractivity contribution in [3.8, 4) is 0 Å². The zero-order valence-electron chi connectivity index (χ0n) is 11.6. The number of rotatable bonds is 2. The van der Waals surface area contributed by atoms with Gasteiger partial charge < -0.3 is 11.1 Å². The second-order valence-electron chi connectivity index (χ2n) is 5.86. The van der Waals surface area contributed by atoms with Gasteiger partial charge in [-0.15, -0.1) is 0 Å². The number of amides is 1. The van der Waals surface area contributed by atoms with Crippen LogP contribution in [0.15, 0.2) is 42.5 Å². The summed E-state index contributed by atoms with van der Waals surface area (Å²) in [6.45, 7) is 5.88. The van der Waals surface area contributed by atoms with Crippen LogP contribution in [0, 0.1) is 5.41 Å². The highest BCUT2D eigenvalue weighted by atomic mass is 16.2. The molecule has 3 N–H and O–H groups in total. The molecular formula is C16H20N2O. The maximum absolute atomic E-state index is 12.2. The minimum absolute atomic E-state index is 0.149. The molecule has 0 aliphatic carbocycles. The molecule has 19 heavy (non-hydrogen) atoms. The molecule has 0 fully saturated rings. The lowest BCUT2D eigenvalue weighted by molar-refractivity contribution is -0.119. The summed E-state index contributed by atoms with van der Waals surface area (Å²) in [4.78, 5) is 12.2. The number of hydrogen-bond acceptors (Lipinski definition) is 2. The first-order valence-corrected chi connectivity index (χ1v) is 6.44. The molecule has 0 saturated heterocycles. The molecule has 2 aromatic carbocycles. The molecule has 1 atom stereocenters. The number of fused-ring (bicyclic) bond motifs is 1. The Kier molecular flexibility index (Phi) is 3.58. The monoisotopic (exact) mass is 256 g/mol. The van der Waals surface area contributed by atoms with Crippen LogP contribution in [0.4, 0.5) is 5.69 Å². The van der Waals surface area contributed by atoms with Gasteiger partial charge in [-0.1, -0.05) is 57.2 Å². The third kappa shape index (κ3) is 2.93. The Morgan fingerprint density at radius 1 is 1.11 bits per heavy atom. The first-order chi connectivity index (χ1) is 8.89.